The summed E-state index contributed by atoms with van der Waals surface area (Å²) in [4.78, 5) is 37.1. The van der Waals surface area contributed by atoms with Crippen LogP contribution in [0.1, 0.15) is 29.5 Å². The molecule has 0 amide bonds. The van der Waals surface area contributed by atoms with Crippen molar-refractivity contribution in [3.8, 4) is 5.75 Å². The number of halogens is 3. The van der Waals surface area contributed by atoms with Crippen molar-refractivity contribution in [2.75, 3.05) is 18.4 Å². The molecule has 0 unspecified atom stereocenters. The van der Waals surface area contributed by atoms with Gasteiger partial charge in [-0.1, -0.05) is 42.5 Å². The van der Waals surface area contributed by atoms with Gasteiger partial charge >= 0.3 is 18.0 Å². The van der Waals surface area contributed by atoms with E-state index >= 15 is 0 Å². The van der Waals surface area contributed by atoms with Crippen LogP contribution in [0.5, 0.6) is 5.75 Å². The van der Waals surface area contributed by atoms with Crippen LogP contribution in [0.3, 0.4) is 0 Å². The Bertz CT molecular complexity index is 1700. The van der Waals surface area contributed by atoms with Crippen LogP contribution < -0.4 is 27.2 Å². The predicted octanol–water partition coefficient (Wildman–Crippen LogP) is 3.90. The molecular weight excluding hydrogens is 563 g/mol. The van der Waals surface area contributed by atoms with Crippen molar-refractivity contribution in [3.63, 3.8) is 0 Å². The molecule has 224 valence electrons. The number of hydrogen-bond donors (Lipinski definition) is 2. The first-order valence-corrected chi connectivity index (χ1v) is 13.7. The lowest BCUT2D eigenvalue weighted by atomic mass is 10.1. The minimum absolute atomic E-state index is 0.00695. The van der Waals surface area contributed by atoms with Gasteiger partial charge in [0, 0.05) is 19.6 Å². The Balaban J connectivity index is 1.30. The van der Waals surface area contributed by atoms with Crippen LogP contribution >= 0.6 is 0 Å². The molecule has 0 saturated heterocycles. The third-order valence-corrected chi connectivity index (χ3v) is 6.94. The first kappa shape index (κ1) is 29.4. The van der Waals surface area contributed by atoms with Gasteiger partial charge in [0.2, 0.25) is 5.95 Å². The van der Waals surface area contributed by atoms with E-state index in [4.69, 9.17) is 5.73 Å². The van der Waals surface area contributed by atoms with Crippen LogP contribution in [0.25, 0.3) is 0 Å². The molecule has 5 rings (SSSR count). The van der Waals surface area contributed by atoms with Gasteiger partial charge in [-0.3, -0.25) is 4.57 Å². The Morgan fingerprint density at radius 1 is 0.907 bits per heavy atom. The number of ether oxygens (including phenoxy) is 1. The number of anilines is 1. The van der Waals surface area contributed by atoms with Gasteiger partial charge in [0.25, 0.3) is 0 Å². The Kier molecular flexibility index (Phi) is 9.08. The Morgan fingerprint density at radius 2 is 1.58 bits per heavy atom. The van der Waals surface area contributed by atoms with Crippen LogP contribution in [0.15, 0.2) is 87.4 Å². The van der Waals surface area contributed by atoms with E-state index in [0.29, 0.717) is 43.1 Å². The maximum Gasteiger partial charge on any atom is 0.387 e. The number of hydrogen-bond acceptors (Lipinski definition) is 8. The molecule has 4 aromatic rings. The summed E-state index contributed by atoms with van der Waals surface area (Å²) in [5, 5.41) is 3.10. The van der Waals surface area contributed by atoms with Crippen LogP contribution in [-0.2, 0) is 19.6 Å². The Morgan fingerprint density at radius 3 is 2.30 bits per heavy atom. The molecule has 0 radical (unpaired) electrons. The van der Waals surface area contributed by atoms with Crippen molar-refractivity contribution in [2.45, 2.75) is 39.1 Å². The fraction of sp³-hybridized carbons (Fsp3) is 0.267. The monoisotopic (exact) mass is 593 g/mol. The van der Waals surface area contributed by atoms with Crippen molar-refractivity contribution in [3.05, 3.63) is 116 Å². The number of nitrogens with one attached hydrogen (secondary N) is 1. The summed E-state index contributed by atoms with van der Waals surface area (Å²) in [7, 11) is 0. The van der Waals surface area contributed by atoms with Gasteiger partial charge in [-0.15, -0.1) is 0 Å². The predicted molar refractivity (Wildman–Crippen MR) is 156 cm³/mol. The molecule has 2 heterocycles. The molecule has 10 nitrogen and oxygen atoms in total. The van der Waals surface area contributed by atoms with Gasteiger partial charge in [-0.25, -0.2) is 23.5 Å². The maximum atomic E-state index is 13.5. The second-order valence-electron chi connectivity index (χ2n) is 9.98. The topological polar surface area (TPSA) is 120 Å². The third kappa shape index (κ3) is 7.42. The number of alkyl halides is 2. The number of aromatic nitrogens is 3. The van der Waals surface area contributed by atoms with E-state index in [0.717, 1.165) is 22.2 Å². The van der Waals surface area contributed by atoms with Crippen molar-refractivity contribution in [1.82, 2.24) is 19.0 Å². The molecule has 0 bridgehead atoms. The summed E-state index contributed by atoms with van der Waals surface area (Å²) in [5.41, 5.74) is 7.87. The summed E-state index contributed by atoms with van der Waals surface area (Å²) in [6.07, 6.45) is 1.43. The summed E-state index contributed by atoms with van der Waals surface area (Å²) in [5.74, 6) is 0.0698. The molecule has 3 aromatic carbocycles. The van der Waals surface area contributed by atoms with E-state index in [1.54, 1.807) is 12.1 Å². The van der Waals surface area contributed by atoms with Crippen molar-refractivity contribution < 1.29 is 17.9 Å². The van der Waals surface area contributed by atoms with Crippen LogP contribution in [0.4, 0.5) is 24.8 Å². The van der Waals surface area contributed by atoms with E-state index in [2.05, 4.69) is 20.0 Å². The molecule has 0 saturated carbocycles. The first-order chi connectivity index (χ1) is 20.8. The van der Waals surface area contributed by atoms with Crippen molar-refractivity contribution >= 4 is 17.6 Å². The van der Waals surface area contributed by atoms with Gasteiger partial charge in [-0.2, -0.15) is 13.8 Å². The number of fused-ring (bicyclic) bond motifs is 1. The van der Waals surface area contributed by atoms with Crippen molar-refractivity contribution in [1.29, 1.82) is 0 Å². The Labute approximate surface area is 244 Å². The fourth-order valence-corrected chi connectivity index (χ4v) is 4.73. The lowest BCUT2D eigenvalue weighted by molar-refractivity contribution is -0.0498. The van der Waals surface area contributed by atoms with Crippen molar-refractivity contribution in [2.24, 2.45) is 10.7 Å². The van der Waals surface area contributed by atoms with Gasteiger partial charge < -0.3 is 20.7 Å². The summed E-state index contributed by atoms with van der Waals surface area (Å²) >= 11 is 0. The summed E-state index contributed by atoms with van der Waals surface area (Å²) < 4.78 is 45.2. The molecule has 3 N–H and O–H groups in total. The summed E-state index contributed by atoms with van der Waals surface area (Å²) in [6.45, 7) is -1.32. The number of para-hydroxylation sites is 1. The zero-order chi connectivity index (χ0) is 30.3. The average molecular weight is 594 g/mol. The molecule has 1 aromatic heterocycles. The maximum absolute atomic E-state index is 13.5. The van der Waals surface area contributed by atoms with Gasteiger partial charge in [0.05, 0.1) is 18.8 Å². The SMILES string of the molecule is NC1=Nc2ccccc2CN1CCCCNc1nc(=O)n(Cc2ccc(F)cc2)c(=O)n1Cc1ccc(OC(F)F)cc1. The standard InChI is InChI=1S/C30H30F3N7O3/c31-23-11-7-20(8-12-23)18-40-29(41)37-28(39(30(40)42)17-21-9-13-24(14-10-21)43-26(32)33)35-15-3-4-16-38-19-22-5-1-2-6-25(22)36-27(38)34/h1-2,5-14,26H,3-4,15-19H2,(H2,34,36)(H,35,37,41). The van der Waals surface area contributed by atoms with E-state index in [9.17, 15) is 22.8 Å². The minimum atomic E-state index is -2.96. The quantitative estimate of drug-likeness (QED) is 0.239. The number of benzene rings is 3. The number of nitrogens with zero attached hydrogens (tertiary/aromatic N) is 5. The van der Waals surface area contributed by atoms with Crippen LogP contribution in [0, 0.1) is 5.82 Å². The highest BCUT2D eigenvalue weighted by molar-refractivity contribution is 5.83. The molecule has 43 heavy (non-hydrogen) atoms. The van der Waals surface area contributed by atoms with E-state index in [1.807, 2.05) is 29.2 Å². The largest absolute Gasteiger partial charge is 0.435 e. The summed E-state index contributed by atoms with van der Waals surface area (Å²) in [6, 6.07) is 19.1. The zero-order valence-corrected chi connectivity index (χ0v) is 23.1. The number of rotatable bonds is 12. The van der Waals surface area contributed by atoms with E-state index in [1.165, 1.54) is 41.0 Å². The van der Waals surface area contributed by atoms with Crippen LogP contribution in [0.2, 0.25) is 0 Å². The van der Waals surface area contributed by atoms with E-state index < -0.39 is 23.8 Å². The highest BCUT2D eigenvalue weighted by atomic mass is 19.3. The highest BCUT2D eigenvalue weighted by Gasteiger charge is 2.17. The number of aliphatic imine (C=N–C) groups is 1. The molecule has 1 aliphatic rings. The molecular formula is C30H30F3N7O3. The fourth-order valence-electron chi connectivity index (χ4n) is 4.73. The number of unbranched alkanes of at least 4 members (excludes halogenated alkanes) is 1. The van der Waals surface area contributed by atoms with Crippen LogP contribution in [-0.4, -0.2) is 44.7 Å². The number of guanidine groups is 1. The first-order valence-electron chi connectivity index (χ1n) is 13.7. The third-order valence-electron chi connectivity index (χ3n) is 6.94. The molecule has 0 fully saturated rings. The normalized spacial score (nSPS) is 12.7. The molecule has 13 heteroatoms. The van der Waals surface area contributed by atoms with Gasteiger partial charge in [0.1, 0.15) is 11.6 Å². The highest BCUT2D eigenvalue weighted by Crippen LogP contribution is 2.24. The van der Waals surface area contributed by atoms with Gasteiger partial charge in [-0.05, 0) is 59.9 Å². The molecule has 0 aliphatic carbocycles. The second kappa shape index (κ2) is 13.3. The molecule has 0 atom stereocenters. The number of nitrogens with two attached hydrogens (primary N) is 1. The second-order valence-corrected chi connectivity index (χ2v) is 9.98. The average Bonchev–Trinajstić information content (AvgIpc) is 2.98. The smallest absolute Gasteiger partial charge is 0.387 e. The van der Waals surface area contributed by atoms with E-state index in [-0.39, 0.29) is 24.8 Å². The Hall–Kier alpha value is -5.07. The van der Waals surface area contributed by atoms with Gasteiger partial charge in [0.15, 0.2) is 5.96 Å². The molecule has 0 spiro atoms. The zero-order valence-electron chi connectivity index (χ0n) is 23.1. The molecule has 1 aliphatic heterocycles. The lowest BCUT2D eigenvalue weighted by Crippen LogP contribution is -2.43. The minimum Gasteiger partial charge on any atom is -0.435 e. The lowest BCUT2D eigenvalue weighted by Gasteiger charge is -2.28.